The number of aromatic nitrogens is 3. The predicted octanol–water partition coefficient (Wildman–Crippen LogP) is 6.80. The van der Waals surface area contributed by atoms with Crippen molar-refractivity contribution in [3.63, 3.8) is 0 Å². The molecule has 68 heavy (non-hydrogen) atoms. The van der Waals surface area contributed by atoms with Gasteiger partial charge < -0.3 is 20.7 Å². The van der Waals surface area contributed by atoms with E-state index in [0.29, 0.717) is 16.7 Å². The summed E-state index contributed by atoms with van der Waals surface area (Å²) in [6, 6.07) is 42.9. The van der Waals surface area contributed by atoms with Crippen molar-refractivity contribution in [2.45, 2.75) is 71.3 Å². The zero-order chi connectivity index (χ0) is 48.0. The van der Waals surface area contributed by atoms with E-state index in [1.807, 2.05) is 143 Å². The van der Waals surface area contributed by atoms with Crippen LogP contribution in [0.15, 0.2) is 158 Å². The standard InChI is InChI=1S/C54H56N8O6/c1-35(2)49(59-51(64)44-28-26-39-21-11-13-24-42(39)56-44)53(66)58-46(31-37-17-7-5-8-18-37)47(68-48(63)32-41-23-15-16-30-55-41)34-62(33-38-19-9-6-10-20-38)61-54(67)50(36(3)4)60-52(65)45-29-27-40-22-12-14-25-43(40)57-45/h5-30,35-36,46-47,49-50H,31-34H2,1-4H3,(H,58,66)(H,59,64)(H,60,65)(H,61,67)/t46-,47-,49-,50-/m0/s1. The van der Waals surface area contributed by atoms with E-state index in [2.05, 4.69) is 36.3 Å². The largest absolute Gasteiger partial charge is 0.458 e. The molecular formula is C54H56N8O6. The van der Waals surface area contributed by atoms with Crippen molar-refractivity contribution in [3.05, 3.63) is 186 Å². The van der Waals surface area contributed by atoms with E-state index in [0.717, 1.165) is 21.9 Å². The third-order valence-electron chi connectivity index (χ3n) is 11.4. The van der Waals surface area contributed by atoms with Crippen molar-refractivity contribution < 1.29 is 28.7 Å². The summed E-state index contributed by atoms with van der Waals surface area (Å²) in [5, 5.41) is 12.3. The molecule has 0 aliphatic heterocycles. The first-order valence-electron chi connectivity index (χ1n) is 22.8. The first kappa shape index (κ1) is 48.1. The summed E-state index contributed by atoms with van der Waals surface area (Å²) in [7, 11) is 0. The summed E-state index contributed by atoms with van der Waals surface area (Å²) < 4.78 is 6.37. The van der Waals surface area contributed by atoms with Crippen LogP contribution in [0.3, 0.4) is 0 Å². The minimum absolute atomic E-state index is 0.114. The lowest BCUT2D eigenvalue weighted by Gasteiger charge is -2.35. The number of hydrazine groups is 1. The Morgan fingerprint density at radius 2 is 1.07 bits per heavy atom. The molecule has 0 unspecified atom stereocenters. The van der Waals surface area contributed by atoms with E-state index in [4.69, 9.17) is 4.74 Å². The molecule has 4 atom stereocenters. The molecule has 4 N–H and O–H groups in total. The number of hydrogen-bond acceptors (Lipinski definition) is 10. The zero-order valence-electron chi connectivity index (χ0n) is 38.5. The summed E-state index contributed by atoms with van der Waals surface area (Å²) in [6.45, 7) is 7.34. The second-order valence-electron chi connectivity index (χ2n) is 17.3. The molecule has 0 fully saturated rings. The van der Waals surface area contributed by atoms with Crippen molar-refractivity contribution in [1.82, 2.24) is 41.3 Å². The number of nitrogens with one attached hydrogen (secondary N) is 4. The quantitative estimate of drug-likeness (QED) is 0.0469. The lowest BCUT2D eigenvalue weighted by Crippen LogP contribution is -2.60. The van der Waals surface area contributed by atoms with Crippen LogP contribution in [0.1, 0.15) is 65.5 Å². The van der Waals surface area contributed by atoms with Gasteiger partial charge in [0.25, 0.3) is 17.7 Å². The first-order valence-corrected chi connectivity index (χ1v) is 22.8. The Morgan fingerprint density at radius 1 is 0.559 bits per heavy atom. The minimum Gasteiger partial charge on any atom is -0.458 e. The molecule has 4 aromatic carbocycles. The van der Waals surface area contributed by atoms with Crippen LogP contribution in [-0.2, 0) is 38.5 Å². The minimum atomic E-state index is -1.10. The van der Waals surface area contributed by atoms with Crippen LogP contribution in [0.5, 0.6) is 0 Å². The number of amides is 4. The van der Waals surface area contributed by atoms with Crippen LogP contribution >= 0.6 is 0 Å². The Kier molecular flexibility index (Phi) is 16.3. The van der Waals surface area contributed by atoms with E-state index in [9.17, 15) is 24.0 Å². The van der Waals surface area contributed by atoms with Crippen LogP contribution in [0.2, 0.25) is 0 Å². The third kappa shape index (κ3) is 13.2. The van der Waals surface area contributed by atoms with Crippen molar-refractivity contribution in [2.24, 2.45) is 11.8 Å². The molecule has 3 heterocycles. The highest BCUT2D eigenvalue weighted by molar-refractivity contribution is 5.99. The van der Waals surface area contributed by atoms with Gasteiger partial charge in [0.1, 0.15) is 29.6 Å². The fraction of sp³-hybridized carbons (Fsp3) is 0.259. The van der Waals surface area contributed by atoms with Gasteiger partial charge in [0.2, 0.25) is 5.91 Å². The van der Waals surface area contributed by atoms with Gasteiger partial charge in [-0.05, 0) is 65.8 Å². The van der Waals surface area contributed by atoms with Gasteiger partial charge in [-0.2, -0.15) is 0 Å². The number of esters is 1. The van der Waals surface area contributed by atoms with Crippen LogP contribution < -0.4 is 21.4 Å². The van der Waals surface area contributed by atoms with Crippen LogP contribution in [0.4, 0.5) is 0 Å². The van der Waals surface area contributed by atoms with Gasteiger partial charge in [-0.15, -0.1) is 0 Å². The summed E-state index contributed by atoms with van der Waals surface area (Å²) in [4.78, 5) is 84.0. The molecule has 7 rings (SSSR count). The number of rotatable bonds is 20. The molecule has 14 heteroatoms. The second-order valence-corrected chi connectivity index (χ2v) is 17.3. The highest BCUT2D eigenvalue weighted by atomic mass is 16.5. The molecule has 348 valence electrons. The normalized spacial score (nSPS) is 13.1. The van der Waals surface area contributed by atoms with Gasteiger partial charge in [0.05, 0.1) is 35.7 Å². The lowest BCUT2D eigenvalue weighted by molar-refractivity contribution is -0.153. The Labute approximate surface area is 395 Å². The molecule has 0 aliphatic carbocycles. The molecule has 0 bridgehead atoms. The number of fused-ring (bicyclic) bond motifs is 2. The third-order valence-corrected chi connectivity index (χ3v) is 11.4. The second kappa shape index (κ2) is 23.1. The van der Waals surface area contributed by atoms with Crippen LogP contribution in [0, 0.1) is 11.8 Å². The maximum atomic E-state index is 14.6. The highest BCUT2D eigenvalue weighted by Gasteiger charge is 2.35. The van der Waals surface area contributed by atoms with E-state index in [-0.39, 0.29) is 49.2 Å². The van der Waals surface area contributed by atoms with E-state index < -0.39 is 53.8 Å². The summed E-state index contributed by atoms with van der Waals surface area (Å²) in [5.41, 5.74) is 6.77. The van der Waals surface area contributed by atoms with E-state index in [1.54, 1.807) is 47.6 Å². The van der Waals surface area contributed by atoms with Crippen molar-refractivity contribution in [2.75, 3.05) is 6.54 Å². The van der Waals surface area contributed by atoms with E-state index in [1.165, 1.54) is 0 Å². The number of hydrogen-bond donors (Lipinski definition) is 4. The van der Waals surface area contributed by atoms with Gasteiger partial charge in [0.15, 0.2) is 0 Å². The van der Waals surface area contributed by atoms with Gasteiger partial charge in [-0.3, -0.25) is 34.4 Å². The van der Waals surface area contributed by atoms with Crippen LogP contribution in [0.25, 0.3) is 21.8 Å². The SMILES string of the molecule is CC(C)[C@H](NC(=O)c1ccc2ccccc2n1)C(=O)N[C@@H](Cc1ccccc1)[C@H](CN(Cc1ccccc1)NC(=O)[C@@H](NC(=O)c1ccc2ccccc2n1)C(C)C)OC(=O)Cc1ccccn1. The molecule has 0 saturated heterocycles. The van der Waals surface area contributed by atoms with Gasteiger partial charge in [-0.1, -0.05) is 143 Å². The predicted molar refractivity (Wildman–Crippen MR) is 261 cm³/mol. The average Bonchev–Trinajstić information content (AvgIpc) is 3.34. The number of pyridine rings is 3. The fourth-order valence-electron chi connectivity index (χ4n) is 7.81. The number of ether oxygens (including phenoxy) is 1. The molecule has 7 aromatic rings. The average molecular weight is 913 g/mol. The molecule has 14 nitrogen and oxygen atoms in total. The molecule has 0 spiro atoms. The zero-order valence-corrected chi connectivity index (χ0v) is 38.5. The summed E-state index contributed by atoms with van der Waals surface area (Å²) in [6.07, 6.45) is 0.528. The van der Waals surface area contributed by atoms with Crippen LogP contribution in [-0.4, -0.2) is 80.3 Å². The number of benzene rings is 4. The number of carbonyl (C=O) groups excluding carboxylic acids is 5. The van der Waals surface area contributed by atoms with Gasteiger partial charge >= 0.3 is 5.97 Å². The summed E-state index contributed by atoms with van der Waals surface area (Å²) >= 11 is 0. The molecule has 4 amide bonds. The topological polar surface area (TPSA) is 185 Å². The Bertz CT molecular complexity index is 2830. The highest BCUT2D eigenvalue weighted by Crippen LogP contribution is 2.18. The number of carbonyl (C=O) groups is 5. The number of para-hydroxylation sites is 2. The molecule has 0 aliphatic rings. The molecule has 0 saturated carbocycles. The first-order chi connectivity index (χ1) is 32.9. The van der Waals surface area contributed by atoms with Gasteiger partial charge in [0, 0.05) is 23.5 Å². The lowest BCUT2D eigenvalue weighted by atomic mass is 9.98. The maximum Gasteiger partial charge on any atom is 0.312 e. The Hall–Kier alpha value is -7.84. The summed E-state index contributed by atoms with van der Waals surface area (Å²) in [5.74, 6) is -3.41. The van der Waals surface area contributed by atoms with Crippen molar-refractivity contribution in [1.29, 1.82) is 0 Å². The number of nitrogens with zero attached hydrogens (tertiary/aromatic N) is 4. The van der Waals surface area contributed by atoms with Gasteiger partial charge in [-0.25, -0.2) is 15.0 Å². The molecular weight excluding hydrogens is 857 g/mol. The Morgan fingerprint density at radius 3 is 1.62 bits per heavy atom. The maximum absolute atomic E-state index is 14.6. The molecule has 0 radical (unpaired) electrons. The van der Waals surface area contributed by atoms with Crippen molar-refractivity contribution >= 4 is 51.4 Å². The fourth-order valence-corrected chi connectivity index (χ4v) is 7.81. The van der Waals surface area contributed by atoms with Crippen molar-refractivity contribution in [3.8, 4) is 0 Å². The smallest absolute Gasteiger partial charge is 0.312 e. The molecule has 3 aromatic heterocycles. The monoisotopic (exact) mass is 912 g/mol. The Balaban J connectivity index is 1.19. The van der Waals surface area contributed by atoms with E-state index >= 15 is 0 Å².